The fourth-order valence-corrected chi connectivity index (χ4v) is 4.13. The van der Waals surface area contributed by atoms with E-state index in [1.807, 2.05) is 66.7 Å². The van der Waals surface area contributed by atoms with Gasteiger partial charge in [0, 0.05) is 25.3 Å². The molecule has 1 saturated carbocycles. The Morgan fingerprint density at radius 2 is 1.68 bits per heavy atom. The van der Waals surface area contributed by atoms with Crippen LogP contribution in [-0.4, -0.2) is 22.1 Å². The molecule has 0 saturated heterocycles. The number of carbonyl (C=O) groups is 1. The Kier molecular flexibility index (Phi) is 6.38. The first-order chi connectivity index (χ1) is 16.7. The van der Waals surface area contributed by atoms with E-state index in [0.717, 1.165) is 19.3 Å². The summed E-state index contributed by atoms with van der Waals surface area (Å²) in [5.74, 6) is 1.18. The SMILES string of the molecule is O=C(CCc1nc2ccccc2c(=O)n1C1CC1)Nc1ccccc1OCCc1ccccc1. The largest absolute Gasteiger partial charge is 0.491 e. The van der Waals surface area contributed by atoms with Gasteiger partial charge in [-0.25, -0.2) is 4.98 Å². The third-order valence-corrected chi connectivity index (χ3v) is 6.02. The smallest absolute Gasteiger partial charge is 0.261 e. The maximum Gasteiger partial charge on any atom is 0.261 e. The Hall–Kier alpha value is -3.93. The number of carbonyl (C=O) groups excluding carboxylic acids is 1. The van der Waals surface area contributed by atoms with Gasteiger partial charge in [0.2, 0.25) is 5.91 Å². The molecule has 0 spiro atoms. The number of ether oxygens (including phenoxy) is 1. The molecule has 1 aliphatic rings. The number of rotatable bonds is 9. The van der Waals surface area contributed by atoms with Crippen molar-refractivity contribution < 1.29 is 9.53 Å². The zero-order chi connectivity index (χ0) is 23.3. The van der Waals surface area contributed by atoms with Crippen LogP contribution < -0.4 is 15.6 Å². The second-order valence-electron chi connectivity index (χ2n) is 8.58. The van der Waals surface area contributed by atoms with Crippen molar-refractivity contribution in [3.05, 3.63) is 101 Å². The van der Waals surface area contributed by atoms with E-state index in [9.17, 15) is 9.59 Å². The number of fused-ring (bicyclic) bond motifs is 1. The number of nitrogens with zero attached hydrogens (tertiary/aromatic N) is 2. The molecular weight excluding hydrogens is 426 g/mol. The van der Waals surface area contributed by atoms with Crippen LogP contribution in [-0.2, 0) is 17.6 Å². The average molecular weight is 454 g/mol. The van der Waals surface area contributed by atoms with Gasteiger partial charge in [0.15, 0.2) is 0 Å². The summed E-state index contributed by atoms with van der Waals surface area (Å²) in [5.41, 5.74) is 2.51. The summed E-state index contributed by atoms with van der Waals surface area (Å²) in [6.07, 6.45) is 3.38. The van der Waals surface area contributed by atoms with Crippen molar-refractivity contribution in [2.75, 3.05) is 11.9 Å². The van der Waals surface area contributed by atoms with E-state index in [-0.39, 0.29) is 23.9 Å². The number of hydrogen-bond acceptors (Lipinski definition) is 4. The highest BCUT2D eigenvalue weighted by atomic mass is 16.5. The summed E-state index contributed by atoms with van der Waals surface area (Å²) >= 11 is 0. The molecule has 1 fully saturated rings. The van der Waals surface area contributed by atoms with Crippen molar-refractivity contribution >= 4 is 22.5 Å². The van der Waals surface area contributed by atoms with E-state index in [1.165, 1.54) is 5.56 Å². The van der Waals surface area contributed by atoms with Crippen LogP contribution >= 0.6 is 0 Å². The molecule has 5 rings (SSSR count). The van der Waals surface area contributed by atoms with Gasteiger partial charge in [-0.15, -0.1) is 0 Å². The molecule has 1 N–H and O–H groups in total. The number of nitrogens with one attached hydrogen (secondary N) is 1. The highest BCUT2D eigenvalue weighted by molar-refractivity contribution is 5.92. The quantitative estimate of drug-likeness (QED) is 0.390. The van der Waals surface area contributed by atoms with E-state index in [4.69, 9.17) is 9.72 Å². The van der Waals surface area contributed by atoms with Crippen LogP contribution in [0.25, 0.3) is 10.9 Å². The Balaban J connectivity index is 1.25. The van der Waals surface area contributed by atoms with Crippen LogP contribution in [0.5, 0.6) is 5.75 Å². The molecule has 0 unspecified atom stereocenters. The normalized spacial score (nSPS) is 13.1. The van der Waals surface area contributed by atoms with Crippen LogP contribution in [0.4, 0.5) is 5.69 Å². The number of amides is 1. The van der Waals surface area contributed by atoms with Gasteiger partial charge in [0.05, 0.1) is 23.2 Å². The lowest BCUT2D eigenvalue weighted by molar-refractivity contribution is -0.116. The third-order valence-electron chi connectivity index (χ3n) is 6.02. The van der Waals surface area contributed by atoms with Crippen molar-refractivity contribution in [3.8, 4) is 5.75 Å². The predicted octanol–water partition coefficient (Wildman–Crippen LogP) is 4.92. The minimum Gasteiger partial charge on any atom is -0.491 e. The Labute approximate surface area is 198 Å². The Morgan fingerprint density at radius 3 is 2.50 bits per heavy atom. The van der Waals surface area contributed by atoms with Crippen LogP contribution in [0.1, 0.15) is 36.7 Å². The lowest BCUT2D eigenvalue weighted by Crippen LogP contribution is -2.25. The summed E-state index contributed by atoms with van der Waals surface area (Å²) in [6, 6.07) is 25.2. The topological polar surface area (TPSA) is 73.2 Å². The number of para-hydroxylation sites is 3. The molecule has 1 aromatic heterocycles. The number of benzene rings is 3. The van der Waals surface area contributed by atoms with Crippen molar-refractivity contribution in [3.63, 3.8) is 0 Å². The first kappa shape index (κ1) is 21.9. The van der Waals surface area contributed by atoms with Gasteiger partial charge in [-0.2, -0.15) is 0 Å². The lowest BCUT2D eigenvalue weighted by Gasteiger charge is -2.14. The summed E-state index contributed by atoms with van der Waals surface area (Å²) in [5, 5.41) is 3.60. The van der Waals surface area contributed by atoms with Crippen molar-refractivity contribution in [1.29, 1.82) is 0 Å². The molecule has 34 heavy (non-hydrogen) atoms. The molecule has 6 heteroatoms. The standard InChI is InChI=1S/C28H27N3O3/c32-27(30-24-12-6-7-13-25(24)34-19-18-20-8-2-1-3-9-20)17-16-26-29-23-11-5-4-10-22(23)28(33)31(26)21-14-15-21/h1-13,21H,14-19H2,(H,30,32). The molecule has 6 nitrogen and oxygen atoms in total. The van der Waals surface area contributed by atoms with Gasteiger partial charge < -0.3 is 10.1 Å². The zero-order valence-corrected chi connectivity index (χ0v) is 18.9. The van der Waals surface area contributed by atoms with Gasteiger partial charge in [-0.05, 0) is 42.7 Å². The summed E-state index contributed by atoms with van der Waals surface area (Å²) in [6.45, 7) is 0.519. The third kappa shape index (κ3) is 5.01. The molecule has 0 atom stereocenters. The lowest BCUT2D eigenvalue weighted by atomic mass is 10.2. The monoisotopic (exact) mass is 453 g/mol. The number of aryl methyl sites for hydroxylation is 1. The number of anilines is 1. The van der Waals surface area contributed by atoms with Crippen LogP contribution in [0, 0.1) is 0 Å². The van der Waals surface area contributed by atoms with E-state index < -0.39 is 0 Å². The first-order valence-corrected chi connectivity index (χ1v) is 11.7. The molecule has 1 aliphatic carbocycles. The maximum atomic E-state index is 13.0. The van der Waals surface area contributed by atoms with Crippen molar-refractivity contribution in [2.45, 2.75) is 38.1 Å². The van der Waals surface area contributed by atoms with Crippen molar-refractivity contribution in [2.24, 2.45) is 0 Å². The average Bonchev–Trinajstić information content (AvgIpc) is 3.70. The Morgan fingerprint density at radius 1 is 0.941 bits per heavy atom. The molecule has 1 heterocycles. The minimum absolute atomic E-state index is 0.0133. The maximum absolute atomic E-state index is 13.0. The van der Waals surface area contributed by atoms with Crippen LogP contribution in [0.15, 0.2) is 83.7 Å². The predicted molar refractivity (Wildman–Crippen MR) is 133 cm³/mol. The summed E-state index contributed by atoms with van der Waals surface area (Å²) in [4.78, 5) is 30.5. The molecule has 0 aliphatic heterocycles. The molecule has 4 aromatic rings. The van der Waals surface area contributed by atoms with Gasteiger partial charge in [0.25, 0.3) is 5.56 Å². The minimum atomic E-state index is -0.135. The molecule has 172 valence electrons. The molecular formula is C28H27N3O3. The first-order valence-electron chi connectivity index (χ1n) is 11.7. The highest BCUT2D eigenvalue weighted by Gasteiger charge is 2.28. The van der Waals surface area contributed by atoms with Crippen LogP contribution in [0.2, 0.25) is 0 Å². The van der Waals surface area contributed by atoms with Gasteiger partial charge >= 0.3 is 0 Å². The van der Waals surface area contributed by atoms with Crippen molar-refractivity contribution in [1.82, 2.24) is 9.55 Å². The summed E-state index contributed by atoms with van der Waals surface area (Å²) in [7, 11) is 0. The Bertz CT molecular complexity index is 1360. The number of aromatic nitrogens is 2. The molecule has 0 radical (unpaired) electrons. The zero-order valence-electron chi connectivity index (χ0n) is 18.9. The van der Waals surface area contributed by atoms with E-state index in [1.54, 1.807) is 4.57 Å². The van der Waals surface area contributed by atoms with Gasteiger partial charge in [-0.1, -0.05) is 54.6 Å². The molecule has 0 bridgehead atoms. The highest BCUT2D eigenvalue weighted by Crippen LogP contribution is 2.35. The summed E-state index contributed by atoms with van der Waals surface area (Å²) < 4.78 is 7.74. The number of hydrogen-bond donors (Lipinski definition) is 1. The second-order valence-corrected chi connectivity index (χ2v) is 8.58. The van der Waals surface area contributed by atoms with E-state index in [2.05, 4.69) is 17.4 Å². The van der Waals surface area contributed by atoms with Gasteiger partial charge in [0.1, 0.15) is 11.6 Å². The molecule has 3 aromatic carbocycles. The van der Waals surface area contributed by atoms with E-state index >= 15 is 0 Å². The fourth-order valence-electron chi connectivity index (χ4n) is 4.13. The second kappa shape index (κ2) is 9.91. The fraction of sp³-hybridized carbons (Fsp3) is 0.250. The van der Waals surface area contributed by atoms with E-state index in [0.29, 0.717) is 41.2 Å². The van der Waals surface area contributed by atoms with Gasteiger partial charge in [-0.3, -0.25) is 14.2 Å². The van der Waals surface area contributed by atoms with Crippen LogP contribution in [0.3, 0.4) is 0 Å². The molecule has 1 amide bonds.